The first-order chi connectivity index (χ1) is 9.05. The van der Waals surface area contributed by atoms with Crippen LogP contribution in [0, 0.1) is 0 Å². The molecule has 0 radical (unpaired) electrons. The lowest BCUT2D eigenvalue weighted by Gasteiger charge is -2.06. The number of rotatable bonds is 6. The molecule has 0 saturated carbocycles. The van der Waals surface area contributed by atoms with Crippen LogP contribution < -0.4 is 4.72 Å². The van der Waals surface area contributed by atoms with E-state index in [2.05, 4.69) is 20.7 Å². The Labute approximate surface area is 125 Å². The average molecular weight is 360 g/mol. The van der Waals surface area contributed by atoms with E-state index in [1.165, 1.54) is 4.88 Å². The number of sulfonamides is 1. The molecule has 0 aliphatic heterocycles. The Morgan fingerprint density at radius 2 is 1.89 bits per heavy atom. The lowest BCUT2D eigenvalue weighted by molar-refractivity contribution is 0.581. The summed E-state index contributed by atoms with van der Waals surface area (Å²) in [4.78, 5) is 1.19. The van der Waals surface area contributed by atoms with Crippen LogP contribution in [0.3, 0.4) is 0 Å². The smallest absolute Gasteiger partial charge is 0.215 e. The lowest BCUT2D eigenvalue weighted by Crippen LogP contribution is -2.27. The molecule has 19 heavy (non-hydrogen) atoms. The molecule has 1 heterocycles. The van der Waals surface area contributed by atoms with Gasteiger partial charge in [-0.1, -0.05) is 34.1 Å². The minimum atomic E-state index is -3.26. The maximum absolute atomic E-state index is 11.9. The normalized spacial score (nSPS) is 11.6. The number of benzene rings is 1. The van der Waals surface area contributed by atoms with Crippen LogP contribution in [0.4, 0.5) is 0 Å². The summed E-state index contributed by atoms with van der Waals surface area (Å²) in [6, 6.07) is 11.3. The molecule has 0 aliphatic rings. The van der Waals surface area contributed by atoms with Crippen molar-refractivity contribution >= 4 is 37.3 Å². The second-order valence-electron chi connectivity index (χ2n) is 4.11. The summed E-state index contributed by atoms with van der Waals surface area (Å²) in [5.74, 6) is 0.0186. The third-order valence-corrected chi connectivity index (χ3v) is 5.37. The second-order valence-corrected chi connectivity index (χ2v) is 7.86. The lowest BCUT2D eigenvalue weighted by atomic mass is 10.2. The van der Waals surface area contributed by atoms with Crippen molar-refractivity contribution in [2.45, 2.75) is 12.2 Å². The molecule has 0 fully saturated rings. The Morgan fingerprint density at radius 1 is 1.16 bits per heavy atom. The third kappa shape index (κ3) is 5.06. The van der Waals surface area contributed by atoms with Crippen LogP contribution in [0.15, 0.2) is 46.3 Å². The van der Waals surface area contributed by atoms with E-state index in [0.717, 1.165) is 16.5 Å². The highest BCUT2D eigenvalue weighted by Crippen LogP contribution is 2.12. The van der Waals surface area contributed by atoms with Crippen molar-refractivity contribution in [3.8, 4) is 0 Å². The van der Waals surface area contributed by atoms with E-state index in [-0.39, 0.29) is 5.75 Å². The van der Waals surface area contributed by atoms with Crippen LogP contribution in [0.5, 0.6) is 0 Å². The molecule has 0 atom stereocenters. The van der Waals surface area contributed by atoms with E-state index in [1.54, 1.807) is 11.3 Å². The number of hydrogen-bond acceptors (Lipinski definition) is 3. The Bertz CT molecular complexity index is 607. The largest absolute Gasteiger partial charge is 0.215 e. The van der Waals surface area contributed by atoms with Crippen molar-refractivity contribution in [3.63, 3.8) is 0 Å². The zero-order valence-corrected chi connectivity index (χ0v) is 13.4. The number of halogens is 1. The number of nitrogens with one attached hydrogen (secondary N) is 1. The van der Waals surface area contributed by atoms with Crippen LogP contribution in [-0.2, 0) is 22.2 Å². The molecular weight excluding hydrogens is 346 g/mol. The standard InChI is InChI=1S/C13H14BrNO2S2/c14-12-5-3-11(4-6-12)10-19(16,17)15-8-7-13-2-1-9-18-13/h1-6,9,15H,7-8,10H2. The van der Waals surface area contributed by atoms with E-state index < -0.39 is 10.0 Å². The average Bonchev–Trinajstić information content (AvgIpc) is 2.85. The van der Waals surface area contributed by atoms with Gasteiger partial charge in [-0.25, -0.2) is 13.1 Å². The Hall–Kier alpha value is -0.690. The monoisotopic (exact) mass is 359 g/mol. The summed E-state index contributed by atoms with van der Waals surface area (Å²) < 4.78 is 27.4. The summed E-state index contributed by atoms with van der Waals surface area (Å²) in [7, 11) is -3.26. The van der Waals surface area contributed by atoms with Crippen LogP contribution in [0.25, 0.3) is 0 Å². The van der Waals surface area contributed by atoms with Gasteiger partial charge in [0.1, 0.15) is 0 Å². The number of hydrogen-bond donors (Lipinski definition) is 1. The summed E-state index contributed by atoms with van der Waals surface area (Å²) in [5.41, 5.74) is 0.784. The second kappa shape index (κ2) is 6.65. The number of thiophene rings is 1. The Balaban J connectivity index is 1.86. The van der Waals surface area contributed by atoms with Crippen molar-refractivity contribution in [1.82, 2.24) is 4.72 Å². The van der Waals surface area contributed by atoms with Crippen LogP contribution in [0.2, 0.25) is 0 Å². The van der Waals surface area contributed by atoms with Gasteiger partial charge < -0.3 is 0 Å². The van der Waals surface area contributed by atoms with Crippen molar-refractivity contribution in [2.75, 3.05) is 6.54 Å². The molecule has 1 aromatic heterocycles. The van der Waals surface area contributed by atoms with Gasteiger partial charge in [0.05, 0.1) is 5.75 Å². The molecular formula is C13H14BrNO2S2. The van der Waals surface area contributed by atoms with Gasteiger partial charge in [-0.3, -0.25) is 0 Å². The van der Waals surface area contributed by atoms with Crippen LogP contribution in [-0.4, -0.2) is 15.0 Å². The molecule has 102 valence electrons. The fraction of sp³-hybridized carbons (Fsp3) is 0.231. The molecule has 0 aliphatic carbocycles. The van der Waals surface area contributed by atoms with E-state index in [0.29, 0.717) is 6.54 Å². The molecule has 2 aromatic rings. The molecule has 0 saturated heterocycles. The highest BCUT2D eigenvalue weighted by molar-refractivity contribution is 9.10. The minimum Gasteiger partial charge on any atom is -0.215 e. The first-order valence-electron chi connectivity index (χ1n) is 5.79. The molecule has 0 bridgehead atoms. The van der Waals surface area contributed by atoms with Crippen LogP contribution in [0.1, 0.15) is 10.4 Å². The first-order valence-corrected chi connectivity index (χ1v) is 9.12. The highest BCUT2D eigenvalue weighted by Gasteiger charge is 2.10. The van der Waals surface area contributed by atoms with E-state index in [9.17, 15) is 8.42 Å². The molecule has 0 spiro atoms. The van der Waals surface area contributed by atoms with Crippen molar-refractivity contribution in [3.05, 3.63) is 56.7 Å². The van der Waals surface area contributed by atoms with E-state index in [1.807, 2.05) is 41.8 Å². The summed E-state index contributed by atoms with van der Waals surface area (Å²) in [5, 5.41) is 1.99. The Morgan fingerprint density at radius 3 is 2.53 bits per heavy atom. The van der Waals surface area contributed by atoms with Gasteiger partial charge in [-0.2, -0.15) is 0 Å². The van der Waals surface area contributed by atoms with Crippen molar-refractivity contribution < 1.29 is 8.42 Å². The van der Waals surface area contributed by atoms with Gasteiger partial charge in [0.25, 0.3) is 0 Å². The maximum Gasteiger partial charge on any atom is 0.215 e. The van der Waals surface area contributed by atoms with Gasteiger partial charge in [-0.15, -0.1) is 11.3 Å². The molecule has 0 unspecified atom stereocenters. The van der Waals surface area contributed by atoms with Gasteiger partial charge in [0, 0.05) is 15.9 Å². The van der Waals surface area contributed by atoms with Gasteiger partial charge in [0.15, 0.2) is 0 Å². The van der Waals surface area contributed by atoms with Gasteiger partial charge in [-0.05, 0) is 35.6 Å². The zero-order valence-electron chi connectivity index (χ0n) is 10.2. The van der Waals surface area contributed by atoms with E-state index in [4.69, 9.17) is 0 Å². The molecule has 1 N–H and O–H groups in total. The molecule has 1 aromatic carbocycles. The van der Waals surface area contributed by atoms with Crippen molar-refractivity contribution in [1.29, 1.82) is 0 Å². The van der Waals surface area contributed by atoms with Crippen LogP contribution >= 0.6 is 27.3 Å². The SMILES string of the molecule is O=S(=O)(Cc1ccc(Br)cc1)NCCc1cccs1. The minimum absolute atomic E-state index is 0.0186. The summed E-state index contributed by atoms with van der Waals surface area (Å²) in [6.45, 7) is 0.444. The quantitative estimate of drug-likeness (QED) is 0.860. The Kier molecular flexibility index (Phi) is 5.15. The predicted molar refractivity (Wildman–Crippen MR) is 82.8 cm³/mol. The summed E-state index contributed by atoms with van der Waals surface area (Å²) >= 11 is 4.96. The highest BCUT2D eigenvalue weighted by atomic mass is 79.9. The van der Waals surface area contributed by atoms with Gasteiger partial charge >= 0.3 is 0 Å². The van der Waals surface area contributed by atoms with E-state index >= 15 is 0 Å². The molecule has 3 nitrogen and oxygen atoms in total. The van der Waals surface area contributed by atoms with Gasteiger partial charge in [0.2, 0.25) is 10.0 Å². The molecule has 2 rings (SSSR count). The first kappa shape index (κ1) is 14.7. The summed E-state index contributed by atoms with van der Waals surface area (Å²) in [6.07, 6.45) is 0.733. The zero-order chi connectivity index (χ0) is 13.7. The third-order valence-electron chi connectivity index (χ3n) is 2.54. The molecule has 6 heteroatoms. The maximum atomic E-state index is 11.9. The topological polar surface area (TPSA) is 46.2 Å². The molecule has 0 amide bonds. The van der Waals surface area contributed by atoms with Crippen molar-refractivity contribution in [2.24, 2.45) is 0 Å². The predicted octanol–water partition coefficient (Wildman–Crippen LogP) is 3.17. The fourth-order valence-corrected chi connectivity index (χ4v) is 3.76. The fourth-order valence-electron chi connectivity index (χ4n) is 1.64.